The van der Waals surface area contributed by atoms with E-state index in [-0.39, 0.29) is 12.4 Å². The van der Waals surface area contributed by atoms with Gasteiger partial charge < -0.3 is 5.11 Å². The first-order valence-corrected chi connectivity index (χ1v) is 7.15. The molecule has 3 nitrogen and oxygen atoms in total. The number of aryl methyl sites for hydroxylation is 1. The second-order valence-electron chi connectivity index (χ2n) is 5.39. The van der Waals surface area contributed by atoms with Gasteiger partial charge in [-0.25, -0.2) is 0 Å². The molecule has 0 unspecified atom stereocenters. The van der Waals surface area contributed by atoms with Crippen molar-refractivity contribution < 1.29 is 9.90 Å². The summed E-state index contributed by atoms with van der Waals surface area (Å²) in [6.07, 6.45) is 4.23. The minimum absolute atomic E-state index is 0.176. The van der Waals surface area contributed by atoms with Crippen molar-refractivity contribution in [3.05, 3.63) is 35.4 Å². The van der Waals surface area contributed by atoms with E-state index in [1.807, 2.05) is 31.2 Å². The topological polar surface area (TPSA) is 40.5 Å². The van der Waals surface area contributed by atoms with Crippen LogP contribution >= 0.6 is 0 Å². The zero-order valence-electron chi connectivity index (χ0n) is 11.6. The standard InChI is InChI=1S/C16H23NO2/c1-13-4-2-5-14(12-13)16(19)8-9-17(10-11-18)15-6-3-7-15/h2,4-5,12,15,18H,3,6-11H2,1H3. The molecule has 0 bridgehead atoms. The van der Waals surface area contributed by atoms with Crippen molar-refractivity contribution in [1.82, 2.24) is 4.90 Å². The van der Waals surface area contributed by atoms with Crippen LogP contribution in [0.3, 0.4) is 0 Å². The van der Waals surface area contributed by atoms with Crippen molar-refractivity contribution in [3.63, 3.8) is 0 Å². The molecule has 0 saturated heterocycles. The highest BCUT2D eigenvalue weighted by molar-refractivity contribution is 5.96. The van der Waals surface area contributed by atoms with Crippen LogP contribution in [0.5, 0.6) is 0 Å². The molecular weight excluding hydrogens is 238 g/mol. The summed E-state index contributed by atoms with van der Waals surface area (Å²) < 4.78 is 0. The van der Waals surface area contributed by atoms with Gasteiger partial charge in [0.15, 0.2) is 5.78 Å². The number of aliphatic hydroxyl groups is 1. The van der Waals surface area contributed by atoms with Gasteiger partial charge in [-0.15, -0.1) is 0 Å². The summed E-state index contributed by atoms with van der Waals surface area (Å²) in [7, 11) is 0. The Labute approximate surface area is 115 Å². The normalized spacial score (nSPS) is 15.5. The average molecular weight is 261 g/mol. The molecule has 0 heterocycles. The number of aliphatic hydroxyl groups excluding tert-OH is 1. The van der Waals surface area contributed by atoms with E-state index in [4.69, 9.17) is 5.11 Å². The van der Waals surface area contributed by atoms with Crippen LogP contribution in [0.4, 0.5) is 0 Å². The number of hydrogen-bond donors (Lipinski definition) is 1. The smallest absolute Gasteiger partial charge is 0.164 e. The second-order valence-corrected chi connectivity index (χ2v) is 5.39. The van der Waals surface area contributed by atoms with E-state index in [9.17, 15) is 4.79 Å². The third-order valence-electron chi connectivity index (χ3n) is 3.94. The molecule has 1 saturated carbocycles. The molecule has 1 fully saturated rings. The van der Waals surface area contributed by atoms with Gasteiger partial charge in [-0.1, -0.05) is 30.2 Å². The maximum absolute atomic E-state index is 12.1. The van der Waals surface area contributed by atoms with Crippen LogP contribution in [-0.4, -0.2) is 41.5 Å². The molecule has 19 heavy (non-hydrogen) atoms. The Bertz CT molecular complexity index is 427. The van der Waals surface area contributed by atoms with Crippen molar-refractivity contribution in [1.29, 1.82) is 0 Å². The van der Waals surface area contributed by atoms with Gasteiger partial charge in [0, 0.05) is 31.1 Å². The Morgan fingerprint density at radius 1 is 1.37 bits per heavy atom. The minimum atomic E-state index is 0.176. The molecule has 0 amide bonds. The molecule has 1 aliphatic carbocycles. The first-order chi connectivity index (χ1) is 9.20. The van der Waals surface area contributed by atoms with E-state index in [2.05, 4.69) is 4.90 Å². The van der Waals surface area contributed by atoms with Crippen LogP contribution in [0.1, 0.15) is 41.6 Å². The second kappa shape index (κ2) is 6.83. The summed E-state index contributed by atoms with van der Waals surface area (Å²) >= 11 is 0. The molecule has 1 aromatic carbocycles. The van der Waals surface area contributed by atoms with Crippen molar-refractivity contribution in [2.45, 2.75) is 38.6 Å². The van der Waals surface area contributed by atoms with Gasteiger partial charge in [0.1, 0.15) is 0 Å². The predicted molar refractivity (Wildman–Crippen MR) is 76.4 cm³/mol. The quantitative estimate of drug-likeness (QED) is 0.766. The first kappa shape index (κ1) is 14.2. The molecule has 0 radical (unpaired) electrons. The fraction of sp³-hybridized carbons (Fsp3) is 0.562. The molecule has 3 heteroatoms. The van der Waals surface area contributed by atoms with E-state index in [0.29, 0.717) is 19.0 Å². The van der Waals surface area contributed by atoms with Crippen LogP contribution in [0.25, 0.3) is 0 Å². The summed E-state index contributed by atoms with van der Waals surface area (Å²) in [5.74, 6) is 0.200. The number of nitrogens with zero attached hydrogens (tertiary/aromatic N) is 1. The SMILES string of the molecule is Cc1cccc(C(=O)CCN(CCO)C2CCC2)c1. The van der Waals surface area contributed by atoms with E-state index in [0.717, 1.165) is 17.7 Å². The van der Waals surface area contributed by atoms with Gasteiger partial charge in [-0.3, -0.25) is 9.69 Å². The van der Waals surface area contributed by atoms with Crippen LogP contribution in [0, 0.1) is 6.92 Å². The van der Waals surface area contributed by atoms with Gasteiger partial charge in [0.25, 0.3) is 0 Å². The lowest BCUT2D eigenvalue weighted by molar-refractivity contribution is 0.0841. The number of benzene rings is 1. The third kappa shape index (κ3) is 3.88. The molecule has 1 N–H and O–H groups in total. The molecular formula is C16H23NO2. The van der Waals surface area contributed by atoms with Gasteiger partial charge in [-0.05, 0) is 25.8 Å². The van der Waals surface area contributed by atoms with E-state index in [1.165, 1.54) is 19.3 Å². The Balaban J connectivity index is 1.87. The van der Waals surface area contributed by atoms with Gasteiger partial charge in [-0.2, -0.15) is 0 Å². The van der Waals surface area contributed by atoms with Crippen molar-refractivity contribution in [2.24, 2.45) is 0 Å². The summed E-state index contributed by atoms with van der Waals surface area (Å²) in [5, 5.41) is 9.10. The zero-order chi connectivity index (χ0) is 13.7. The molecule has 2 rings (SSSR count). The number of ketones is 1. The first-order valence-electron chi connectivity index (χ1n) is 7.15. The summed E-state index contributed by atoms with van der Waals surface area (Å²) in [4.78, 5) is 14.4. The monoisotopic (exact) mass is 261 g/mol. The highest BCUT2D eigenvalue weighted by Gasteiger charge is 2.24. The van der Waals surface area contributed by atoms with Crippen molar-refractivity contribution >= 4 is 5.78 Å². The molecule has 0 aliphatic heterocycles. The van der Waals surface area contributed by atoms with Crippen LogP contribution in [-0.2, 0) is 0 Å². The Kier molecular flexibility index (Phi) is 5.11. The molecule has 0 aromatic heterocycles. The van der Waals surface area contributed by atoms with E-state index < -0.39 is 0 Å². The number of carbonyl (C=O) groups is 1. The summed E-state index contributed by atoms with van der Waals surface area (Å²) in [6, 6.07) is 8.35. The largest absolute Gasteiger partial charge is 0.395 e. The molecule has 1 aliphatic rings. The van der Waals surface area contributed by atoms with Gasteiger partial charge >= 0.3 is 0 Å². The molecule has 0 spiro atoms. The Morgan fingerprint density at radius 2 is 2.16 bits per heavy atom. The number of carbonyl (C=O) groups excluding carboxylic acids is 1. The van der Waals surface area contributed by atoms with Crippen LogP contribution in [0.2, 0.25) is 0 Å². The Morgan fingerprint density at radius 3 is 2.74 bits per heavy atom. The maximum Gasteiger partial charge on any atom is 0.164 e. The van der Waals surface area contributed by atoms with E-state index in [1.54, 1.807) is 0 Å². The number of Topliss-reactive ketones (excluding diaryl/α,β-unsaturated/α-hetero) is 1. The fourth-order valence-corrected chi connectivity index (χ4v) is 2.57. The summed E-state index contributed by atoms with van der Waals surface area (Å²) in [6.45, 7) is 3.63. The van der Waals surface area contributed by atoms with Gasteiger partial charge in [0.2, 0.25) is 0 Å². The van der Waals surface area contributed by atoms with Crippen molar-refractivity contribution in [3.8, 4) is 0 Å². The molecule has 104 valence electrons. The van der Waals surface area contributed by atoms with Crippen LogP contribution in [0.15, 0.2) is 24.3 Å². The molecule has 1 aromatic rings. The lowest BCUT2D eigenvalue weighted by Gasteiger charge is -2.37. The lowest BCUT2D eigenvalue weighted by atomic mass is 9.91. The highest BCUT2D eigenvalue weighted by Crippen LogP contribution is 2.24. The number of rotatable bonds is 7. The number of hydrogen-bond acceptors (Lipinski definition) is 3. The maximum atomic E-state index is 12.1. The van der Waals surface area contributed by atoms with E-state index >= 15 is 0 Å². The van der Waals surface area contributed by atoms with Gasteiger partial charge in [0.05, 0.1) is 6.61 Å². The fourth-order valence-electron chi connectivity index (χ4n) is 2.57. The lowest BCUT2D eigenvalue weighted by Crippen LogP contribution is -2.42. The zero-order valence-corrected chi connectivity index (χ0v) is 11.6. The van der Waals surface area contributed by atoms with Crippen LogP contribution < -0.4 is 0 Å². The minimum Gasteiger partial charge on any atom is -0.395 e. The van der Waals surface area contributed by atoms with Crippen molar-refractivity contribution in [2.75, 3.05) is 19.7 Å². The summed E-state index contributed by atoms with van der Waals surface area (Å²) in [5.41, 5.74) is 1.93. The average Bonchev–Trinajstić information content (AvgIpc) is 2.33. The Hall–Kier alpha value is -1.19. The third-order valence-corrected chi connectivity index (χ3v) is 3.94. The highest BCUT2D eigenvalue weighted by atomic mass is 16.3. The predicted octanol–water partition coefficient (Wildman–Crippen LogP) is 2.41. The molecule has 0 atom stereocenters.